The molecule has 0 saturated heterocycles. The highest BCUT2D eigenvalue weighted by Crippen LogP contribution is 2.35. The van der Waals surface area contributed by atoms with Crippen LogP contribution in [0.15, 0.2) is 12.1 Å². The van der Waals surface area contributed by atoms with Crippen molar-refractivity contribution in [3.8, 4) is 5.75 Å². The molecular weight excluding hydrogens is 302 g/mol. The normalized spacial score (nSPS) is 10.0. The molecule has 1 rings (SSSR count). The van der Waals surface area contributed by atoms with Crippen LogP contribution in [-0.2, 0) is 9.53 Å². The number of esters is 1. The molecule has 8 heteroatoms. The summed E-state index contributed by atoms with van der Waals surface area (Å²) in [6.45, 7) is 0. The van der Waals surface area contributed by atoms with E-state index in [1.807, 2.05) is 0 Å². The first-order chi connectivity index (χ1) is 9.90. The largest absolute Gasteiger partial charge is 0.490 e. The van der Waals surface area contributed by atoms with E-state index in [0.717, 1.165) is 6.07 Å². The van der Waals surface area contributed by atoms with E-state index in [1.165, 1.54) is 20.3 Å². The predicted octanol–water partition coefficient (Wildman–Crippen LogP) is 2.78. The van der Waals surface area contributed by atoms with Crippen molar-refractivity contribution >= 4 is 29.0 Å². The number of ketones is 1. The first kappa shape index (κ1) is 16.9. The molecule has 0 amide bonds. The molecule has 7 nitrogen and oxygen atoms in total. The number of carbonyl (C=O) groups excluding carboxylic acids is 2. The Hall–Kier alpha value is -2.15. The average molecular weight is 316 g/mol. The van der Waals surface area contributed by atoms with Crippen LogP contribution in [0.4, 0.5) is 5.69 Å². The minimum absolute atomic E-state index is 0.0292. The summed E-state index contributed by atoms with van der Waals surface area (Å²) < 4.78 is 9.42. The van der Waals surface area contributed by atoms with Gasteiger partial charge in [-0.25, -0.2) is 0 Å². The molecule has 0 fully saturated rings. The third-order valence-corrected chi connectivity index (χ3v) is 2.97. The number of carbonyl (C=O) groups is 2. The van der Waals surface area contributed by atoms with E-state index < -0.39 is 10.9 Å². The number of Topliss-reactive ketones (excluding diaryl/α,β-unsaturated/α-hetero) is 1. The van der Waals surface area contributed by atoms with Gasteiger partial charge in [0.05, 0.1) is 24.7 Å². The topological polar surface area (TPSA) is 95.7 Å². The number of ether oxygens (including phenoxy) is 2. The zero-order valence-electron chi connectivity index (χ0n) is 11.6. The molecule has 0 atom stereocenters. The SMILES string of the molecule is COC(=O)CCCC(=O)c1cc(Cl)cc([N+](=O)[O-])c1OC. The van der Waals surface area contributed by atoms with Crippen molar-refractivity contribution in [2.24, 2.45) is 0 Å². The van der Waals surface area contributed by atoms with Crippen LogP contribution in [0.25, 0.3) is 0 Å². The Balaban J connectivity index is 2.98. The molecule has 0 N–H and O–H groups in total. The van der Waals surface area contributed by atoms with Gasteiger partial charge in [-0.05, 0) is 12.5 Å². The van der Waals surface area contributed by atoms with Gasteiger partial charge in [-0.2, -0.15) is 0 Å². The van der Waals surface area contributed by atoms with Crippen LogP contribution in [0.5, 0.6) is 5.75 Å². The minimum atomic E-state index is -0.671. The first-order valence-corrected chi connectivity index (χ1v) is 6.40. The third kappa shape index (κ3) is 4.42. The maximum Gasteiger partial charge on any atom is 0.313 e. The Morgan fingerprint density at radius 1 is 1.29 bits per heavy atom. The molecule has 0 aromatic heterocycles. The lowest BCUT2D eigenvalue weighted by molar-refractivity contribution is -0.385. The van der Waals surface area contributed by atoms with Gasteiger partial charge in [0, 0.05) is 23.9 Å². The highest BCUT2D eigenvalue weighted by molar-refractivity contribution is 6.31. The van der Waals surface area contributed by atoms with Crippen LogP contribution in [0.3, 0.4) is 0 Å². The third-order valence-electron chi connectivity index (χ3n) is 2.75. The van der Waals surface area contributed by atoms with Gasteiger partial charge in [0.15, 0.2) is 5.78 Å². The summed E-state index contributed by atoms with van der Waals surface area (Å²) in [5.74, 6) is -0.944. The molecule has 0 spiro atoms. The maximum atomic E-state index is 12.1. The molecule has 1 aromatic rings. The molecule has 0 bridgehead atoms. The molecule has 21 heavy (non-hydrogen) atoms. The van der Waals surface area contributed by atoms with Crippen molar-refractivity contribution < 1.29 is 24.0 Å². The van der Waals surface area contributed by atoms with Crippen molar-refractivity contribution in [3.05, 3.63) is 32.8 Å². The molecule has 0 aliphatic rings. The lowest BCUT2D eigenvalue weighted by Crippen LogP contribution is -2.07. The molecule has 0 radical (unpaired) electrons. The van der Waals surface area contributed by atoms with Gasteiger partial charge in [-0.3, -0.25) is 19.7 Å². The fourth-order valence-corrected chi connectivity index (χ4v) is 1.98. The summed E-state index contributed by atoms with van der Waals surface area (Å²) in [5, 5.41) is 11.0. The fraction of sp³-hybridized carbons (Fsp3) is 0.385. The number of nitrogens with zero attached hydrogens (tertiary/aromatic N) is 1. The van der Waals surface area contributed by atoms with Gasteiger partial charge in [0.1, 0.15) is 0 Å². The van der Waals surface area contributed by atoms with E-state index in [-0.39, 0.29) is 47.1 Å². The summed E-state index contributed by atoms with van der Waals surface area (Å²) in [7, 11) is 2.50. The van der Waals surface area contributed by atoms with Crippen molar-refractivity contribution in [2.45, 2.75) is 19.3 Å². The van der Waals surface area contributed by atoms with Crippen LogP contribution in [-0.4, -0.2) is 30.9 Å². The lowest BCUT2D eigenvalue weighted by Gasteiger charge is -2.08. The van der Waals surface area contributed by atoms with Crippen molar-refractivity contribution in [2.75, 3.05) is 14.2 Å². The monoisotopic (exact) mass is 315 g/mol. The van der Waals surface area contributed by atoms with Crippen molar-refractivity contribution in [3.63, 3.8) is 0 Å². The van der Waals surface area contributed by atoms with E-state index in [0.29, 0.717) is 0 Å². The lowest BCUT2D eigenvalue weighted by atomic mass is 10.0. The number of methoxy groups -OCH3 is 2. The number of nitro groups is 1. The first-order valence-electron chi connectivity index (χ1n) is 6.02. The standard InChI is InChI=1S/C13H14ClNO6/c1-20-12(17)5-3-4-11(16)9-6-8(14)7-10(15(18)19)13(9)21-2/h6-7H,3-5H2,1-2H3. The maximum absolute atomic E-state index is 12.1. The van der Waals surface area contributed by atoms with Crippen LogP contribution in [0.2, 0.25) is 5.02 Å². The van der Waals surface area contributed by atoms with Crippen LogP contribution in [0.1, 0.15) is 29.6 Å². The quantitative estimate of drug-likeness (QED) is 0.332. The van der Waals surface area contributed by atoms with Gasteiger partial charge < -0.3 is 9.47 Å². The number of benzene rings is 1. The number of hydrogen-bond acceptors (Lipinski definition) is 6. The summed E-state index contributed by atoms with van der Waals surface area (Å²) in [4.78, 5) is 33.4. The van der Waals surface area contributed by atoms with Crippen molar-refractivity contribution in [1.29, 1.82) is 0 Å². The molecule has 0 saturated carbocycles. The smallest absolute Gasteiger partial charge is 0.313 e. The number of rotatable bonds is 7. The Morgan fingerprint density at radius 2 is 1.95 bits per heavy atom. The van der Waals surface area contributed by atoms with Crippen molar-refractivity contribution in [1.82, 2.24) is 0 Å². The second-order valence-electron chi connectivity index (χ2n) is 4.12. The average Bonchev–Trinajstić information content (AvgIpc) is 2.45. The second kappa shape index (κ2) is 7.58. The zero-order valence-corrected chi connectivity index (χ0v) is 12.3. The van der Waals surface area contributed by atoms with E-state index in [1.54, 1.807) is 0 Å². The predicted molar refractivity (Wildman–Crippen MR) is 74.9 cm³/mol. The summed E-state index contributed by atoms with van der Waals surface area (Å²) >= 11 is 5.79. The van der Waals surface area contributed by atoms with Gasteiger partial charge in [0.25, 0.3) is 0 Å². The minimum Gasteiger partial charge on any atom is -0.490 e. The molecular formula is C13H14ClNO6. The molecule has 0 unspecified atom stereocenters. The van der Waals surface area contributed by atoms with E-state index in [2.05, 4.69) is 4.74 Å². The van der Waals surface area contributed by atoms with E-state index in [4.69, 9.17) is 16.3 Å². The molecule has 0 heterocycles. The highest BCUT2D eigenvalue weighted by atomic mass is 35.5. The summed E-state index contributed by atoms with van der Waals surface area (Å²) in [6.07, 6.45) is 0.394. The van der Waals surface area contributed by atoms with E-state index >= 15 is 0 Å². The fourth-order valence-electron chi connectivity index (χ4n) is 1.77. The number of halogens is 1. The molecule has 114 valence electrons. The van der Waals surface area contributed by atoms with Gasteiger partial charge in [-0.1, -0.05) is 11.6 Å². The number of nitro benzene ring substituents is 1. The molecule has 0 aliphatic carbocycles. The van der Waals surface area contributed by atoms with E-state index in [9.17, 15) is 19.7 Å². The summed E-state index contributed by atoms with van der Waals surface area (Å²) in [6, 6.07) is 2.43. The zero-order chi connectivity index (χ0) is 16.0. The Kier molecular flexibility index (Phi) is 6.10. The van der Waals surface area contributed by atoms with Gasteiger partial charge >= 0.3 is 11.7 Å². The van der Waals surface area contributed by atoms with Gasteiger partial charge in [-0.15, -0.1) is 0 Å². The molecule has 1 aromatic carbocycles. The van der Waals surface area contributed by atoms with Gasteiger partial charge in [0.2, 0.25) is 5.75 Å². The highest BCUT2D eigenvalue weighted by Gasteiger charge is 2.24. The van der Waals surface area contributed by atoms with Crippen LogP contribution >= 0.6 is 11.6 Å². The van der Waals surface area contributed by atoms with Crippen LogP contribution in [0, 0.1) is 10.1 Å². The van der Waals surface area contributed by atoms with Crippen LogP contribution < -0.4 is 4.74 Å². The Labute approximate surface area is 125 Å². The Bertz CT molecular complexity index is 572. The molecule has 0 aliphatic heterocycles. The Morgan fingerprint density at radius 3 is 2.48 bits per heavy atom. The summed E-state index contributed by atoms with van der Waals surface area (Å²) in [5.41, 5.74) is -0.345. The second-order valence-corrected chi connectivity index (χ2v) is 4.55. The number of hydrogen-bond donors (Lipinski definition) is 0.